The molecule has 0 aromatic heterocycles. The van der Waals surface area contributed by atoms with E-state index in [1.807, 2.05) is 5.32 Å². The zero-order valence-corrected chi connectivity index (χ0v) is 28.4. The number of amides is 9. The number of esters is 1. The third kappa shape index (κ3) is 16.1. The summed E-state index contributed by atoms with van der Waals surface area (Å²) < 4.78 is 10.0. The summed E-state index contributed by atoms with van der Waals surface area (Å²) in [5.74, 6) is -6.83. The van der Waals surface area contributed by atoms with Crippen LogP contribution < -0.4 is 16.0 Å². The lowest BCUT2D eigenvalue weighted by atomic mass is 9.98. The molecule has 18 heteroatoms. The molecule has 2 unspecified atom stereocenters. The number of hydrogen-bond donors (Lipinski definition) is 4. The molecule has 0 aromatic rings. The maximum Gasteiger partial charge on any atom is 0.424 e. The number of carbonyl (C=O) groups is 11. The van der Waals surface area contributed by atoms with Gasteiger partial charge in [-0.2, -0.15) is 4.90 Å². The predicted molar refractivity (Wildman–Crippen MR) is 164 cm³/mol. The molecule has 4 saturated heterocycles. The smallest absolute Gasteiger partial charge is 0.424 e. The van der Waals surface area contributed by atoms with Crippen LogP contribution in [0.1, 0.15) is 106 Å². The maximum absolute atomic E-state index is 11.5. The van der Waals surface area contributed by atoms with Gasteiger partial charge in [0.05, 0.1) is 0 Å². The predicted octanol–water partition coefficient (Wildman–Crippen LogP) is 0.778. The Labute approximate surface area is 282 Å². The zero-order valence-electron chi connectivity index (χ0n) is 28.4. The second-order valence-corrected chi connectivity index (χ2v) is 13.2. The number of carbonyl (C=O) groups excluding carboxylic acids is 10. The lowest BCUT2D eigenvalue weighted by Gasteiger charge is -2.26. The van der Waals surface area contributed by atoms with Gasteiger partial charge in [-0.15, -0.1) is 0 Å². The minimum absolute atomic E-state index is 0.111. The molecule has 9 amide bonds. The van der Waals surface area contributed by atoms with Crippen molar-refractivity contribution in [1.82, 2.24) is 20.9 Å². The van der Waals surface area contributed by atoms with Gasteiger partial charge in [-0.05, 0) is 67.2 Å². The molecule has 0 aromatic carbocycles. The van der Waals surface area contributed by atoms with Gasteiger partial charge in [-0.3, -0.25) is 63.9 Å². The van der Waals surface area contributed by atoms with Crippen LogP contribution in [0, 0.1) is 11.8 Å². The Morgan fingerprint density at radius 3 is 1.33 bits per heavy atom. The monoisotopic (exact) mass is 696 g/mol. The van der Waals surface area contributed by atoms with E-state index in [0.29, 0.717) is 30.6 Å². The van der Waals surface area contributed by atoms with Gasteiger partial charge in [0.25, 0.3) is 0 Å². The highest BCUT2D eigenvalue weighted by atomic mass is 16.6. The molecule has 4 rings (SSSR count). The number of ether oxygens (including phenoxy) is 2. The van der Waals surface area contributed by atoms with Crippen LogP contribution in [-0.4, -0.2) is 86.5 Å². The van der Waals surface area contributed by atoms with Crippen LogP contribution in [0.5, 0.6) is 0 Å². The SMILES string of the molecule is CC(C)(C)OC(=O)C1CCC(=O)NC1=O.CC(C)(C)OC(=O)N1C(=O)CCCC1=O.O=C1CCC(C(=O)O)C(=O)N1.O=C1CCCC(=O)N1. The van der Waals surface area contributed by atoms with Gasteiger partial charge in [0.2, 0.25) is 47.3 Å². The first-order valence-corrected chi connectivity index (χ1v) is 15.5. The Morgan fingerprint density at radius 2 is 0.980 bits per heavy atom. The van der Waals surface area contributed by atoms with Gasteiger partial charge in [-0.25, -0.2) is 4.79 Å². The second-order valence-electron chi connectivity index (χ2n) is 13.2. The quantitative estimate of drug-likeness (QED) is 0.177. The summed E-state index contributed by atoms with van der Waals surface area (Å²) in [5.41, 5.74) is -1.31. The van der Waals surface area contributed by atoms with E-state index >= 15 is 0 Å². The van der Waals surface area contributed by atoms with Gasteiger partial charge in [0.15, 0.2) is 0 Å². The Balaban J connectivity index is 0.000000335. The summed E-state index contributed by atoms with van der Waals surface area (Å²) in [7, 11) is 0. The molecule has 0 saturated carbocycles. The van der Waals surface area contributed by atoms with Gasteiger partial charge in [-0.1, -0.05) is 0 Å². The molecule has 0 aliphatic carbocycles. The molecule has 2 atom stereocenters. The molecule has 4 N–H and O–H groups in total. The van der Waals surface area contributed by atoms with Crippen molar-refractivity contribution < 1.29 is 67.3 Å². The lowest BCUT2D eigenvalue weighted by Crippen LogP contribution is -2.46. The summed E-state index contributed by atoms with van der Waals surface area (Å²) in [5, 5.41) is 14.7. The van der Waals surface area contributed by atoms with E-state index in [1.54, 1.807) is 41.5 Å². The first kappa shape index (κ1) is 42.0. The fourth-order valence-corrected chi connectivity index (χ4v) is 4.18. The lowest BCUT2D eigenvalue weighted by molar-refractivity contribution is -0.164. The van der Waals surface area contributed by atoms with Gasteiger partial charge in [0.1, 0.15) is 23.0 Å². The van der Waals surface area contributed by atoms with Crippen molar-refractivity contribution in [3.8, 4) is 0 Å². The van der Waals surface area contributed by atoms with Crippen molar-refractivity contribution in [2.45, 2.75) is 117 Å². The van der Waals surface area contributed by atoms with Gasteiger partial charge >= 0.3 is 18.0 Å². The van der Waals surface area contributed by atoms with E-state index in [-0.39, 0.29) is 56.2 Å². The third-order valence-electron chi connectivity index (χ3n) is 6.41. The molecule has 18 nitrogen and oxygen atoms in total. The fraction of sp³-hybridized carbons (Fsp3) is 0.645. The average molecular weight is 697 g/mol. The van der Waals surface area contributed by atoms with E-state index in [1.165, 1.54) is 0 Å². The van der Waals surface area contributed by atoms with Crippen LogP contribution in [0.4, 0.5) is 4.79 Å². The number of hydrogen-bond acceptors (Lipinski definition) is 13. The van der Waals surface area contributed by atoms with Crippen LogP contribution in [-0.2, 0) is 57.4 Å². The molecule has 0 bridgehead atoms. The number of likely N-dealkylation sites (tertiary alicyclic amines) is 1. The molecule has 4 fully saturated rings. The number of rotatable bonds is 2. The van der Waals surface area contributed by atoms with E-state index in [0.717, 1.165) is 0 Å². The zero-order chi connectivity index (χ0) is 37.7. The largest absolute Gasteiger partial charge is 0.481 e. The van der Waals surface area contributed by atoms with E-state index in [2.05, 4.69) is 10.6 Å². The minimum Gasteiger partial charge on any atom is -0.481 e. The van der Waals surface area contributed by atoms with Crippen molar-refractivity contribution in [2.24, 2.45) is 11.8 Å². The average Bonchev–Trinajstić information content (AvgIpc) is 2.91. The van der Waals surface area contributed by atoms with E-state index in [4.69, 9.17) is 14.6 Å². The molecule has 0 spiro atoms. The number of nitrogens with zero attached hydrogens (tertiary/aromatic N) is 1. The second kappa shape index (κ2) is 18.5. The highest BCUT2D eigenvalue weighted by Crippen LogP contribution is 2.19. The topological polar surface area (TPSA) is 266 Å². The molecule has 4 aliphatic rings. The van der Waals surface area contributed by atoms with Crippen molar-refractivity contribution in [3.63, 3.8) is 0 Å². The highest BCUT2D eigenvalue weighted by molar-refractivity contribution is 6.10. The summed E-state index contributed by atoms with van der Waals surface area (Å²) in [6.07, 6.45) is 2.48. The maximum atomic E-state index is 11.5. The summed E-state index contributed by atoms with van der Waals surface area (Å²) in [4.78, 5) is 121. The molecular formula is C31H44N4O14. The molecule has 272 valence electrons. The Bertz CT molecular complexity index is 1330. The van der Waals surface area contributed by atoms with Crippen LogP contribution >= 0.6 is 0 Å². The standard InChI is InChI=1S/2C10H15NO4.C6H7NO4.C5H7NO2/c1-10(2,3)15-9(14)11-7(12)5-4-6-8(11)13;1-10(2,3)15-9(14)6-4-5-7(12)11-8(6)13;8-4-2-1-3(6(10)11)5(9)7-4;7-4-2-1-3-5(8)6-4/h4-6H2,1-3H3;6H,4-5H2,1-3H3,(H,11,12,13);3H,1-2H2,(H,10,11)(H,7,8,9);1-3H2,(H,6,7,8). The Morgan fingerprint density at radius 1 is 0.592 bits per heavy atom. The fourth-order valence-electron chi connectivity index (χ4n) is 4.18. The minimum atomic E-state index is -1.17. The van der Waals surface area contributed by atoms with E-state index in [9.17, 15) is 52.7 Å². The van der Waals surface area contributed by atoms with Crippen molar-refractivity contribution in [1.29, 1.82) is 0 Å². The van der Waals surface area contributed by atoms with Crippen molar-refractivity contribution in [2.75, 3.05) is 0 Å². The number of carboxylic acids is 1. The molecule has 49 heavy (non-hydrogen) atoms. The van der Waals surface area contributed by atoms with Gasteiger partial charge < -0.3 is 14.6 Å². The number of imide groups is 6. The van der Waals surface area contributed by atoms with Crippen LogP contribution in [0.2, 0.25) is 0 Å². The molecule has 0 radical (unpaired) electrons. The van der Waals surface area contributed by atoms with Crippen LogP contribution in [0.3, 0.4) is 0 Å². The highest BCUT2D eigenvalue weighted by Gasteiger charge is 2.36. The first-order valence-electron chi connectivity index (χ1n) is 15.5. The number of carboxylic acid groups (broad SMARTS) is 1. The number of nitrogens with one attached hydrogen (secondary N) is 3. The Kier molecular flexibility index (Phi) is 15.9. The summed E-state index contributed by atoms with van der Waals surface area (Å²) >= 11 is 0. The Hall–Kier alpha value is -5.03. The van der Waals surface area contributed by atoms with Crippen molar-refractivity contribution in [3.05, 3.63) is 0 Å². The number of piperidine rings is 4. The molecule has 4 aliphatic heterocycles. The van der Waals surface area contributed by atoms with Gasteiger partial charge in [0, 0.05) is 38.5 Å². The summed E-state index contributed by atoms with van der Waals surface area (Å²) in [6.45, 7) is 10.3. The third-order valence-corrected chi connectivity index (χ3v) is 6.41. The molecular weight excluding hydrogens is 652 g/mol. The first-order chi connectivity index (χ1) is 22.5. The van der Waals surface area contributed by atoms with Crippen molar-refractivity contribution >= 4 is 65.3 Å². The molecule has 4 heterocycles. The van der Waals surface area contributed by atoms with E-state index < -0.39 is 70.6 Å². The van der Waals surface area contributed by atoms with Crippen LogP contribution in [0.25, 0.3) is 0 Å². The normalized spacial score (nSPS) is 21.1. The number of aliphatic carboxylic acids is 1. The summed E-state index contributed by atoms with van der Waals surface area (Å²) in [6, 6.07) is 0. The van der Waals surface area contributed by atoms with Crippen LogP contribution in [0.15, 0.2) is 0 Å².